The van der Waals surface area contributed by atoms with Crippen LogP contribution in [0.25, 0.3) is 0 Å². The summed E-state index contributed by atoms with van der Waals surface area (Å²) < 4.78 is 0. The van der Waals surface area contributed by atoms with Crippen LogP contribution >= 0.6 is 11.3 Å². The quantitative estimate of drug-likeness (QED) is 0.909. The number of aliphatic carboxylic acids is 1. The molecule has 0 radical (unpaired) electrons. The molecule has 100 valence electrons. The van der Waals surface area contributed by atoms with Gasteiger partial charge in [-0.15, -0.1) is 11.3 Å². The first-order chi connectivity index (χ1) is 8.33. The molecule has 0 unspecified atom stereocenters. The van der Waals surface area contributed by atoms with E-state index in [0.29, 0.717) is 6.42 Å². The van der Waals surface area contributed by atoms with Gasteiger partial charge >= 0.3 is 5.97 Å². The second kappa shape index (κ2) is 4.65. The van der Waals surface area contributed by atoms with Crippen LogP contribution in [0.1, 0.15) is 50.2 Å². The number of rotatable bonds is 3. The van der Waals surface area contributed by atoms with Crippen LogP contribution in [0.3, 0.4) is 0 Å². The van der Waals surface area contributed by atoms with Crippen LogP contribution in [0, 0.1) is 17.8 Å². The first kappa shape index (κ1) is 13.5. The van der Waals surface area contributed by atoms with Gasteiger partial charge in [0.25, 0.3) is 0 Å². The molecule has 0 atom stereocenters. The average Bonchev–Trinajstić information content (AvgIpc) is 2.67. The van der Waals surface area contributed by atoms with E-state index in [4.69, 9.17) is 0 Å². The van der Waals surface area contributed by atoms with E-state index in [1.54, 1.807) is 11.3 Å². The summed E-state index contributed by atoms with van der Waals surface area (Å²) in [6, 6.07) is 0. The van der Waals surface area contributed by atoms with Crippen molar-refractivity contribution in [1.29, 1.82) is 0 Å². The normalized spacial score (nSPS) is 21.7. The molecule has 18 heavy (non-hydrogen) atoms. The van der Waals surface area contributed by atoms with Gasteiger partial charge in [0, 0.05) is 11.8 Å². The Hall–Kier alpha value is -0.900. The molecular formula is C14H21NO2S. The summed E-state index contributed by atoms with van der Waals surface area (Å²) >= 11 is 1.60. The van der Waals surface area contributed by atoms with Crippen molar-refractivity contribution in [1.82, 2.24) is 4.98 Å². The summed E-state index contributed by atoms with van der Waals surface area (Å²) in [5.74, 6) is -0.649. The molecular weight excluding hydrogens is 246 g/mol. The number of carboxylic acids is 1. The molecule has 1 N–H and O–H groups in total. The van der Waals surface area contributed by atoms with E-state index >= 15 is 0 Å². The summed E-state index contributed by atoms with van der Waals surface area (Å²) in [7, 11) is 0. The predicted octanol–water partition coefficient (Wildman–Crippen LogP) is 3.67. The van der Waals surface area contributed by atoms with Crippen molar-refractivity contribution in [2.24, 2.45) is 10.8 Å². The highest BCUT2D eigenvalue weighted by Crippen LogP contribution is 2.46. The summed E-state index contributed by atoms with van der Waals surface area (Å²) in [6.45, 7) is 6.42. The van der Waals surface area contributed by atoms with Crippen LogP contribution in [-0.2, 0) is 11.2 Å². The molecule has 1 heterocycles. The third-order valence-corrected chi connectivity index (χ3v) is 5.02. The largest absolute Gasteiger partial charge is 0.481 e. The number of carbonyl (C=O) groups is 1. The molecule has 1 aromatic rings. The van der Waals surface area contributed by atoms with E-state index in [-0.39, 0.29) is 5.41 Å². The van der Waals surface area contributed by atoms with Gasteiger partial charge in [-0.25, -0.2) is 4.98 Å². The third-order valence-electron chi connectivity index (χ3n) is 4.20. The third kappa shape index (κ3) is 2.74. The molecule has 3 nitrogen and oxygen atoms in total. The predicted molar refractivity (Wildman–Crippen MR) is 72.9 cm³/mol. The lowest BCUT2D eigenvalue weighted by atomic mass is 9.63. The Morgan fingerprint density at radius 2 is 2.00 bits per heavy atom. The second-order valence-corrected chi connectivity index (χ2v) is 7.35. The fourth-order valence-electron chi connectivity index (χ4n) is 2.71. The Morgan fingerprint density at radius 3 is 2.44 bits per heavy atom. The van der Waals surface area contributed by atoms with E-state index in [1.165, 1.54) is 0 Å². The van der Waals surface area contributed by atoms with E-state index in [2.05, 4.69) is 18.8 Å². The maximum atomic E-state index is 11.7. The van der Waals surface area contributed by atoms with Crippen molar-refractivity contribution in [3.63, 3.8) is 0 Å². The number of hydrogen-bond acceptors (Lipinski definition) is 3. The van der Waals surface area contributed by atoms with Gasteiger partial charge in [-0.1, -0.05) is 13.8 Å². The van der Waals surface area contributed by atoms with Gasteiger partial charge in [0.15, 0.2) is 0 Å². The van der Waals surface area contributed by atoms with Gasteiger partial charge in [0.05, 0.1) is 16.1 Å². The number of aromatic nitrogens is 1. The van der Waals surface area contributed by atoms with Crippen LogP contribution in [0.15, 0.2) is 5.38 Å². The van der Waals surface area contributed by atoms with E-state index in [1.807, 2.05) is 12.3 Å². The van der Waals surface area contributed by atoms with Crippen LogP contribution in [0.4, 0.5) is 0 Å². The SMILES string of the molecule is Cc1nc(CC2(C(=O)O)CCC(C)(C)CC2)cs1. The summed E-state index contributed by atoms with van der Waals surface area (Å²) in [5, 5.41) is 12.6. The zero-order valence-electron chi connectivity index (χ0n) is 11.3. The molecule has 1 saturated carbocycles. The molecule has 0 bridgehead atoms. The molecule has 1 aliphatic carbocycles. The molecule has 0 spiro atoms. The van der Waals surface area contributed by atoms with Crippen molar-refractivity contribution >= 4 is 17.3 Å². The van der Waals surface area contributed by atoms with Crippen LogP contribution in [0.5, 0.6) is 0 Å². The van der Waals surface area contributed by atoms with Crippen molar-refractivity contribution in [2.45, 2.75) is 52.9 Å². The summed E-state index contributed by atoms with van der Waals surface area (Å²) in [6.07, 6.45) is 4.10. The monoisotopic (exact) mass is 267 g/mol. The first-order valence-electron chi connectivity index (χ1n) is 6.47. The highest BCUT2D eigenvalue weighted by atomic mass is 32.1. The van der Waals surface area contributed by atoms with Crippen molar-refractivity contribution in [2.75, 3.05) is 0 Å². The van der Waals surface area contributed by atoms with Crippen LogP contribution < -0.4 is 0 Å². The Balaban J connectivity index is 2.16. The molecule has 1 aromatic heterocycles. The molecule has 4 heteroatoms. The van der Waals surface area contributed by atoms with Crippen LogP contribution in [-0.4, -0.2) is 16.1 Å². The Labute approximate surface area is 112 Å². The maximum Gasteiger partial charge on any atom is 0.310 e. The standard InChI is InChI=1S/C14H21NO2S/c1-10-15-11(9-18-10)8-14(12(16)17)6-4-13(2,3)5-7-14/h9H,4-8H2,1-3H3,(H,16,17). The number of hydrogen-bond donors (Lipinski definition) is 1. The zero-order valence-corrected chi connectivity index (χ0v) is 12.1. The molecule has 0 amide bonds. The fourth-order valence-corrected chi connectivity index (χ4v) is 3.32. The van der Waals surface area contributed by atoms with Gasteiger partial charge in [-0.3, -0.25) is 4.79 Å². The van der Waals surface area contributed by atoms with E-state index in [9.17, 15) is 9.90 Å². The molecule has 2 rings (SSSR count). The molecule has 0 aliphatic heterocycles. The lowest BCUT2D eigenvalue weighted by molar-refractivity contribution is -0.152. The lowest BCUT2D eigenvalue weighted by Gasteiger charge is -2.40. The smallest absolute Gasteiger partial charge is 0.310 e. The fraction of sp³-hybridized carbons (Fsp3) is 0.714. The summed E-state index contributed by atoms with van der Waals surface area (Å²) in [4.78, 5) is 16.1. The minimum Gasteiger partial charge on any atom is -0.481 e. The number of nitrogens with zero attached hydrogens (tertiary/aromatic N) is 1. The van der Waals surface area contributed by atoms with Crippen molar-refractivity contribution in [3.05, 3.63) is 16.1 Å². The Morgan fingerprint density at radius 1 is 1.39 bits per heavy atom. The minimum absolute atomic E-state index is 0.289. The average molecular weight is 267 g/mol. The van der Waals surface area contributed by atoms with Crippen molar-refractivity contribution < 1.29 is 9.90 Å². The summed E-state index contributed by atoms with van der Waals surface area (Å²) in [5.41, 5.74) is 0.645. The van der Waals surface area contributed by atoms with Gasteiger partial charge in [0.1, 0.15) is 0 Å². The van der Waals surface area contributed by atoms with E-state index < -0.39 is 11.4 Å². The van der Waals surface area contributed by atoms with E-state index in [0.717, 1.165) is 36.4 Å². The molecule has 0 aromatic carbocycles. The molecule has 1 aliphatic rings. The Bertz CT molecular complexity index is 440. The second-order valence-electron chi connectivity index (χ2n) is 6.28. The van der Waals surface area contributed by atoms with Crippen LogP contribution in [0.2, 0.25) is 0 Å². The van der Waals surface area contributed by atoms with Crippen molar-refractivity contribution in [3.8, 4) is 0 Å². The topological polar surface area (TPSA) is 50.2 Å². The zero-order chi connectivity index (χ0) is 13.4. The highest BCUT2D eigenvalue weighted by molar-refractivity contribution is 7.09. The minimum atomic E-state index is -0.649. The number of aryl methyl sites for hydroxylation is 1. The maximum absolute atomic E-state index is 11.7. The lowest BCUT2D eigenvalue weighted by Crippen LogP contribution is -2.39. The molecule has 1 fully saturated rings. The number of carboxylic acid groups (broad SMARTS) is 1. The van der Waals surface area contributed by atoms with Gasteiger partial charge in [-0.2, -0.15) is 0 Å². The Kier molecular flexibility index (Phi) is 3.49. The molecule has 0 saturated heterocycles. The van der Waals surface area contributed by atoms with Gasteiger partial charge < -0.3 is 5.11 Å². The number of thiazole rings is 1. The first-order valence-corrected chi connectivity index (χ1v) is 7.35. The highest BCUT2D eigenvalue weighted by Gasteiger charge is 2.44. The van der Waals surface area contributed by atoms with Gasteiger partial charge in [-0.05, 0) is 38.0 Å². The van der Waals surface area contributed by atoms with Gasteiger partial charge in [0.2, 0.25) is 0 Å².